The van der Waals surface area contributed by atoms with E-state index < -0.39 is 13.9 Å². The fourth-order valence-electron chi connectivity index (χ4n) is 10.2. The summed E-state index contributed by atoms with van der Waals surface area (Å²) in [4.78, 5) is 22.7. The van der Waals surface area contributed by atoms with Crippen LogP contribution in [0.2, 0.25) is 0 Å². The van der Waals surface area contributed by atoms with Crippen molar-refractivity contribution in [2.45, 2.75) is 367 Å². The van der Waals surface area contributed by atoms with Gasteiger partial charge in [0.05, 0.1) is 19.8 Å². The van der Waals surface area contributed by atoms with E-state index in [0.29, 0.717) is 13.0 Å². The van der Waals surface area contributed by atoms with Gasteiger partial charge in [0, 0.05) is 19.6 Å². The summed E-state index contributed by atoms with van der Waals surface area (Å²) >= 11 is 0. The first-order valence-electron chi connectivity index (χ1n) is 32.5. The Kier molecular flexibility index (Phi) is 60.9. The lowest BCUT2D eigenvalue weighted by atomic mass is 10.0. The molecule has 0 aromatic carbocycles. The number of rotatable bonds is 64. The van der Waals surface area contributed by atoms with Crippen LogP contribution in [0.1, 0.15) is 361 Å². The third kappa shape index (κ3) is 60.4. The van der Waals surface area contributed by atoms with E-state index in [-0.39, 0.29) is 32.3 Å². The number of carbonyl (C=O) groups is 1. The second-order valence-electron chi connectivity index (χ2n) is 22.4. The summed E-state index contributed by atoms with van der Waals surface area (Å²) in [6, 6.07) is 0. The lowest BCUT2D eigenvalue weighted by Gasteiger charge is -2.20. The number of nitrogens with two attached hydrogens (primary N) is 1. The third-order valence-corrected chi connectivity index (χ3v) is 16.0. The number of carbonyl (C=O) groups excluding carboxylic acids is 1. The molecular weight excluding hydrogens is 914 g/mol. The molecule has 0 heterocycles. The van der Waals surface area contributed by atoms with E-state index in [1.807, 2.05) is 0 Å². The molecule has 0 bridgehead atoms. The number of esters is 1. The van der Waals surface area contributed by atoms with Gasteiger partial charge < -0.3 is 20.1 Å². The molecule has 0 spiro atoms. The highest BCUT2D eigenvalue weighted by Crippen LogP contribution is 2.43. The van der Waals surface area contributed by atoms with Crippen LogP contribution in [-0.4, -0.2) is 49.9 Å². The van der Waals surface area contributed by atoms with E-state index >= 15 is 0 Å². The summed E-state index contributed by atoms with van der Waals surface area (Å²) in [7, 11) is -4.28. The molecule has 8 nitrogen and oxygen atoms in total. The molecule has 3 N–H and O–H groups in total. The maximum absolute atomic E-state index is 12.7. The van der Waals surface area contributed by atoms with Gasteiger partial charge in [0.25, 0.3) is 0 Å². The van der Waals surface area contributed by atoms with E-state index in [1.165, 1.54) is 308 Å². The van der Waals surface area contributed by atoms with Crippen LogP contribution in [0.3, 0.4) is 0 Å². The molecule has 0 aromatic heterocycles. The average Bonchev–Trinajstić information content (AvgIpc) is 3.37. The Morgan fingerprint density at radius 3 is 0.875 bits per heavy atom. The summed E-state index contributed by atoms with van der Waals surface area (Å²) in [6.45, 7) is 5.03. The average molecular weight is 1040 g/mol. The van der Waals surface area contributed by atoms with Gasteiger partial charge in [-0.25, -0.2) is 4.57 Å². The van der Waals surface area contributed by atoms with Crippen molar-refractivity contribution in [2.24, 2.45) is 5.73 Å². The zero-order valence-corrected chi connectivity index (χ0v) is 49.6. The van der Waals surface area contributed by atoms with E-state index in [2.05, 4.69) is 13.8 Å². The Bertz CT molecular complexity index is 1080. The SMILES string of the molecule is CCCCCCCCCCCCCCCCCCCCCCCCCCCCCCCCCCCCCC(=O)O[C@H](COCCCCCCCCCCCCCCCCCCCC)COP(=O)(O)OCCN. The normalized spacial score (nSPS) is 13.0. The standard InChI is InChI=1S/C63H128NO7P/c1-3-5-7-9-11-13-15-17-19-21-23-24-25-26-27-28-29-30-31-32-33-34-35-36-37-38-39-40-42-44-46-48-50-52-54-56-63(65)71-62(61-70-72(66,67)69-59-57-64)60-68-58-55-53-51-49-47-45-43-41-22-20-18-16-14-12-10-8-6-4-2/h62H,3-61,64H2,1-2H3,(H,66,67)/t62-/m1/s1. The van der Waals surface area contributed by atoms with Crippen molar-refractivity contribution < 1.29 is 32.8 Å². The lowest BCUT2D eigenvalue weighted by Crippen LogP contribution is -2.28. The van der Waals surface area contributed by atoms with E-state index in [9.17, 15) is 14.3 Å². The predicted octanol–water partition coefficient (Wildman–Crippen LogP) is 21.1. The highest BCUT2D eigenvalue weighted by Gasteiger charge is 2.25. The fraction of sp³-hybridized carbons (Fsp3) is 0.984. The van der Waals surface area contributed by atoms with Crippen molar-refractivity contribution in [1.29, 1.82) is 0 Å². The van der Waals surface area contributed by atoms with Crippen LogP contribution in [0.5, 0.6) is 0 Å². The number of hydrogen-bond acceptors (Lipinski definition) is 7. The minimum atomic E-state index is -4.28. The smallest absolute Gasteiger partial charge is 0.457 e. The molecule has 0 rings (SSSR count). The van der Waals surface area contributed by atoms with Gasteiger partial charge >= 0.3 is 13.8 Å². The Balaban J connectivity index is 3.68. The maximum Gasteiger partial charge on any atom is 0.472 e. The van der Waals surface area contributed by atoms with Crippen LogP contribution >= 0.6 is 7.82 Å². The number of phosphoric ester groups is 1. The molecule has 0 aromatic rings. The lowest BCUT2D eigenvalue weighted by molar-refractivity contribution is -0.154. The number of ether oxygens (including phenoxy) is 2. The summed E-state index contributed by atoms with van der Waals surface area (Å²) < 4.78 is 33.7. The van der Waals surface area contributed by atoms with Gasteiger partial charge in [-0.2, -0.15) is 0 Å². The fourth-order valence-corrected chi connectivity index (χ4v) is 11.0. The molecule has 9 heteroatoms. The van der Waals surface area contributed by atoms with Gasteiger partial charge in [-0.3, -0.25) is 13.8 Å². The van der Waals surface area contributed by atoms with E-state index in [4.69, 9.17) is 24.3 Å². The zero-order chi connectivity index (χ0) is 52.2. The molecule has 0 saturated carbocycles. The zero-order valence-electron chi connectivity index (χ0n) is 48.7. The van der Waals surface area contributed by atoms with Crippen LogP contribution < -0.4 is 5.73 Å². The Hall–Kier alpha value is -0.500. The van der Waals surface area contributed by atoms with E-state index in [0.717, 1.165) is 32.1 Å². The van der Waals surface area contributed by atoms with Crippen molar-refractivity contribution >= 4 is 13.8 Å². The third-order valence-electron chi connectivity index (χ3n) is 15.0. The minimum absolute atomic E-state index is 0.0894. The quantitative estimate of drug-likeness (QED) is 0.0351. The molecule has 0 amide bonds. The van der Waals surface area contributed by atoms with E-state index in [1.54, 1.807) is 0 Å². The summed E-state index contributed by atoms with van der Waals surface area (Å²) in [6.07, 6.45) is 72.0. The molecule has 2 atom stereocenters. The Labute approximate surface area is 450 Å². The van der Waals surface area contributed by atoms with Gasteiger partial charge in [0.15, 0.2) is 0 Å². The predicted molar refractivity (Wildman–Crippen MR) is 312 cm³/mol. The van der Waals surface area contributed by atoms with Gasteiger partial charge in [0.1, 0.15) is 6.10 Å². The summed E-state index contributed by atoms with van der Waals surface area (Å²) in [5.74, 6) is -0.318. The highest BCUT2D eigenvalue weighted by molar-refractivity contribution is 7.47. The number of unbranched alkanes of at least 4 members (excludes halogenated alkanes) is 51. The molecule has 432 valence electrons. The molecule has 0 aliphatic carbocycles. The maximum atomic E-state index is 12.7. The summed E-state index contributed by atoms with van der Waals surface area (Å²) in [5.41, 5.74) is 5.41. The van der Waals surface area contributed by atoms with Crippen molar-refractivity contribution in [1.82, 2.24) is 0 Å². The van der Waals surface area contributed by atoms with Crippen LogP contribution in [0, 0.1) is 0 Å². The first kappa shape index (κ1) is 71.5. The van der Waals surface area contributed by atoms with Crippen LogP contribution in [0.25, 0.3) is 0 Å². The first-order chi connectivity index (χ1) is 35.4. The topological polar surface area (TPSA) is 117 Å². The van der Waals surface area contributed by atoms with Gasteiger partial charge in [-0.1, -0.05) is 341 Å². The van der Waals surface area contributed by atoms with Gasteiger partial charge in [-0.15, -0.1) is 0 Å². The second-order valence-corrected chi connectivity index (χ2v) is 23.8. The molecule has 72 heavy (non-hydrogen) atoms. The summed E-state index contributed by atoms with van der Waals surface area (Å²) in [5, 5.41) is 0. The van der Waals surface area contributed by atoms with Gasteiger partial charge in [-0.05, 0) is 12.8 Å². The first-order valence-corrected chi connectivity index (χ1v) is 34.0. The highest BCUT2D eigenvalue weighted by atomic mass is 31.2. The molecule has 0 fully saturated rings. The Morgan fingerprint density at radius 1 is 0.361 bits per heavy atom. The number of hydrogen-bond donors (Lipinski definition) is 2. The van der Waals surface area contributed by atoms with Crippen molar-refractivity contribution in [3.63, 3.8) is 0 Å². The minimum Gasteiger partial charge on any atom is -0.457 e. The van der Waals surface area contributed by atoms with Crippen LogP contribution in [0.15, 0.2) is 0 Å². The van der Waals surface area contributed by atoms with Crippen LogP contribution in [-0.2, 0) is 27.9 Å². The van der Waals surface area contributed by atoms with Gasteiger partial charge in [0.2, 0.25) is 0 Å². The van der Waals surface area contributed by atoms with Crippen molar-refractivity contribution in [3.05, 3.63) is 0 Å². The second kappa shape index (κ2) is 61.4. The largest absolute Gasteiger partial charge is 0.472 e. The Morgan fingerprint density at radius 2 is 0.611 bits per heavy atom. The molecular formula is C63H128NO7P. The molecule has 0 saturated heterocycles. The monoisotopic (exact) mass is 1040 g/mol. The number of phosphoric acid groups is 1. The molecule has 0 aliphatic heterocycles. The van der Waals surface area contributed by atoms with Crippen molar-refractivity contribution in [2.75, 3.05) is 33.0 Å². The molecule has 1 unspecified atom stereocenters. The van der Waals surface area contributed by atoms with Crippen molar-refractivity contribution in [3.8, 4) is 0 Å². The van der Waals surface area contributed by atoms with Crippen LogP contribution in [0.4, 0.5) is 0 Å². The molecule has 0 aliphatic rings. The molecule has 0 radical (unpaired) electrons.